The molecule has 0 spiro atoms. The molecular formula is C30H23F3N4O6-2. The topological polar surface area (TPSA) is 157 Å². The summed E-state index contributed by atoms with van der Waals surface area (Å²) in [6, 6.07) is 15.4. The number of urea groups is 1. The number of hydrogen-bond donors (Lipinski definition) is 1. The molecule has 1 aliphatic heterocycles. The van der Waals surface area contributed by atoms with Gasteiger partial charge in [0, 0.05) is 11.4 Å². The molecule has 0 unspecified atom stereocenters. The Hall–Kier alpha value is -5.38. The Balaban J connectivity index is 1.63. The number of nitrogens with one attached hydrogen (secondary N) is 1. The second-order valence-electron chi connectivity index (χ2n) is 10.5. The molecule has 4 rings (SSSR count). The molecule has 13 heteroatoms. The number of alkyl halides is 3. The minimum absolute atomic E-state index is 0.0779. The van der Waals surface area contributed by atoms with Gasteiger partial charge < -0.3 is 30.0 Å². The van der Waals surface area contributed by atoms with E-state index in [4.69, 9.17) is 5.26 Å². The van der Waals surface area contributed by atoms with Gasteiger partial charge >= 0.3 is 12.2 Å². The van der Waals surface area contributed by atoms with Crippen molar-refractivity contribution in [3.05, 3.63) is 89.0 Å². The first-order valence-electron chi connectivity index (χ1n) is 12.7. The van der Waals surface area contributed by atoms with Crippen LogP contribution < -0.4 is 20.4 Å². The highest BCUT2D eigenvalue weighted by Crippen LogP contribution is 2.39. The standard InChI is InChI=1S/C30H25F3N4O6/c1-28(2)24(38)37(21-13-8-17(15-34)22(14-21)30(31,32)33)27(43)36(28)16-18-6-4-5-7-23(18)35-20-11-9-19(10-12-20)29(3,25(39)40)26(41)42/h4-14,35H,16H2,1-3H3,(H,39,40)(H,41,42)/p-2. The minimum Gasteiger partial charge on any atom is -0.549 e. The molecule has 1 fully saturated rings. The molecule has 1 aliphatic rings. The lowest BCUT2D eigenvalue weighted by Crippen LogP contribution is -2.55. The molecule has 0 aliphatic carbocycles. The second kappa shape index (κ2) is 10.8. The number of anilines is 3. The van der Waals surface area contributed by atoms with Crippen LogP contribution in [0, 0.1) is 11.3 Å². The van der Waals surface area contributed by atoms with Crippen LogP contribution in [0.4, 0.5) is 35.0 Å². The van der Waals surface area contributed by atoms with Crippen LogP contribution in [0.3, 0.4) is 0 Å². The number of imide groups is 1. The molecule has 0 radical (unpaired) electrons. The summed E-state index contributed by atoms with van der Waals surface area (Å²) in [5.41, 5.74) is -4.75. The number of nitrogens with zero attached hydrogens (tertiary/aromatic N) is 3. The number of aliphatic carboxylic acids is 2. The number of hydrogen-bond acceptors (Lipinski definition) is 8. The summed E-state index contributed by atoms with van der Waals surface area (Å²) in [4.78, 5) is 51.7. The van der Waals surface area contributed by atoms with Crippen LogP contribution in [0.25, 0.3) is 0 Å². The number of nitriles is 1. The van der Waals surface area contributed by atoms with E-state index in [0.717, 1.165) is 19.1 Å². The van der Waals surface area contributed by atoms with Crippen molar-refractivity contribution < 1.29 is 42.6 Å². The molecule has 222 valence electrons. The zero-order valence-corrected chi connectivity index (χ0v) is 23.0. The summed E-state index contributed by atoms with van der Waals surface area (Å²) in [5.74, 6) is -4.44. The Morgan fingerprint density at radius 1 is 0.977 bits per heavy atom. The van der Waals surface area contributed by atoms with Crippen LogP contribution in [0.15, 0.2) is 66.7 Å². The molecule has 43 heavy (non-hydrogen) atoms. The molecule has 0 atom stereocenters. The third-order valence-corrected chi connectivity index (χ3v) is 7.41. The maximum absolute atomic E-state index is 13.6. The smallest absolute Gasteiger partial charge is 0.417 e. The fourth-order valence-corrected chi connectivity index (χ4v) is 4.64. The average Bonchev–Trinajstić information content (AvgIpc) is 3.11. The Morgan fingerprint density at radius 2 is 1.58 bits per heavy atom. The monoisotopic (exact) mass is 592 g/mol. The molecule has 1 saturated heterocycles. The van der Waals surface area contributed by atoms with Gasteiger partial charge in [-0.25, -0.2) is 9.69 Å². The number of carboxylic acid groups (broad SMARTS) is 2. The van der Waals surface area contributed by atoms with Gasteiger partial charge in [0.05, 0.1) is 46.8 Å². The molecular weight excluding hydrogens is 569 g/mol. The molecule has 3 aromatic carbocycles. The highest BCUT2D eigenvalue weighted by Gasteiger charge is 2.52. The molecule has 3 amide bonds. The fourth-order valence-electron chi connectivity index (χ4n) is 4.64. The molecule has 0 saturated carbocycles. The SMILES string of the molecule is CC(C(=O)[O-])(C(=O)[O-])c1ccc(Nc2ccccc2CN2C(=O)N(c3ccc(C#N)c(C(F)(F)F)c3)C(=O)C2(C)C)cc1. The van der Waals surface area contributed by atoms with Crippen LogP contribution in [-0.4, -0.2) is 34.3 Å². The van der Waals surface area contributed by atoms with Gasteiger partial charge in [0.1, 0.15) is 5.54 Å². The molecule has 0 aromatic heterocycles. The van der Waals surface area contributed by atoms with Crippen LogP contribution in [-0.2, 0) is 32.5 Å². The lowest BCUT2D eigenvalue weighted by molar-refractivity contribution is -0.334. The number of benzene rings is 3. The first-order valence-corrected chi connectivity index (χ1v) is 12.7. The third-order valence-electron chi connectivity index (χ3n) is 7.41. The average molecular weight is 593 g/mol. The van der Waals surface area contributed by atoms with Gasteiger partial charge in [-0.15, -0.1) is 0 Å². The Labute approximate surface area is 243 Å². The zero-order chi connectivity index (χ0) is 31.9. The van der Waals surface area contributed by atoms with E-state index in [2.05, 4.69) is 5.32 Å². The molecule has 1 heterocycles. The number of carbonyl (C=O) groups is 4. The van der Waals surface area contributed by atoms with E-state index < -0.39 is 52.1 Å². The zero-order valence-electron chi connectivity index (χ0n) is 23.0. The minimum atomic E-state index is -4.89. The van der Waals surface area contributed by atoms with E-state index in [9.17, 15) is 42.6 Å². The lowest BCUT2D eigenvalue weighted by Gasteiger charge is -2.32. The largest absolute Gasteiger partial charge is 0.549 e. The normalized spacial score (nSPS) is 14.9. The summed E-state index contributed by atoms with van der Waals surface area (Å²) >= 11 is 0. The third kappa shape index (κ3) is 5.34. The van der Waals surface area contributed by atoms with Crippen molar-refractivity contribution in [2.24, 2.45) is 0 Å². The second-order valence-corrected chi connectivity index (χ2v) is 10.5. The van der Waals surface area contributed by atoms with E-state index in [1.165, 1.54) is 49.1 Å². The summed E-state index contributed by atoms with van der Waals surface area (Å²) in [6.07, 6.45) is -4.89. The van der Waals surface area contributed by atoms with Gasteiger partial charge in [-0.3, -0.25) is 4.79 Å². The summed E-state index contributed by atoms with van der Waals surface area (Å²) in [6.45, 7) is 3.74. The maximum Gasteiger partial charge on any atom is 0.417 e. The number of amides is 3. The van der Waals surface area contributed by atoms with Gasteiger partial charge in [-0.2, -0.15) is 18.4 Å². The van der Waals surface area contributed by atoms with Crippen molar-refractivity contribution in [1.29, 1.82) is 5.26 Å². The summed E-state index contributed by atoms with van der Waals surface area (Å²) in [7, 11) is 0. The number of halogens is 3. The van der Waals surface area contributed by atoms with Gasteiger partial charge in [-0.05, 0) is 68.3 Å². The van der Waals surface area contributed by atoms with Crippen LogP contribution >= 0.6 is 0 Å². The van der Waals surface area contributed by atoms with E-state index >= 15 is 0 Å². The fraction of sp³-hybridized carbons (Fsp3) is 0.233. The van der Waals surface area contributed by atoms with E-state index in [0.29, 0.717) is 27.9 Å². The number of para-hydroxylation sites is 1. The van der Waals surface area contributed by atoms with Crippen molar-refractivity contribution in [1.82, 2.24) is 4.90 Å². The van der Waals surface area contributed by atoms with Crippen molar-refractivity contribution >= 4 is 40.9 Å². The first kappa shape index (κ1) is 30.6. The van der Waals surface area contributed by atoms with Gasteiger partial charge in [0.25, 0.3) is 5.91 Å². The van der Waals surface area contributed by atoms with Gasteiger partial charge in [0.2, 0.25) is 0 Å². The lowest BCUT2D eigenvalue weighted by atomic mass is 9.82. The molecule has 3 aromatic rings. The Bertz CT molecular complexity index is 1660. The van der Waals surface area contributed by atoms with E-state index in [1.807, 2.05) is 0 Å². The van der Waals surface area contributed by atoms with Crippen LogP contribution in [0.1, 0.15) is 43.0 Å². The first-order chi connectivity index (χ1) is 20.0. The van der Waals surface area contributed by atoms with Crippen molar-refractivity contribution in [3.63, 3.8) is 0 Å². The number of carboxylic acids is 2. The van der Waals surface area contributed by atoms with Gasteiger partial charge in [-0.1, -0.05) is 30.3 Å². The number of rotatable bonds is 8. The Kier molecular flexibility index (Phi) is 7.67. The maximum atomic E-state index is 13.6. The highest BCUT2D eigenvalue weighted by molar-refractivity contribution is 6.23. The van der Waals surface area contributed by atoms with Crippen molar-refractivity contribution in [3.8, 4) is 6.07 Å². The van der Waals surface area contributed by atoms with Crippen molar-refractivity contribution in [2.75, 3.05) is 10.2 Å². The van der Waals surface area contributed by atoms with E-state index in [-0.39, 0.29) is 17.8 Å². The molecule has 1 N–H and O–H groups in total. The van der Waals surface area contributed by atoms with Gasteiger partial charge in [0.15, 0.2) is 0 Å². The predicted octanol–water partition coefficient (Wildman–Crippen LogP) is 2.83. The predicted molar refractivity (Wildman–Crippen MR) is 142 cm³/mol. The number of carbonyl (C=O) groups excluding carboxylic acids is 4. The summed E-state index contributed by atoms with van der Waals surface area (Å²) < 4.78 is 40.7. The summed E-state index contributed by atoms with van der Waals surface area (Å²) in [5, 5.41) is 35.2. The van der Waals surface area contributed by atoms with E-state index in [1.54, 1.807) is 24.3 Å². The highest BCUT2D eigenvalue weighted by atomic mass is 19.4. The quantitative estimate of drug-likeness (QED) is 0.309. The van der Waals surface area contributed by atoms with Crippen LogP contribution in [0.5, 0.6) is 0 Å². The Morgan fingerprint density at radius 3 is 2.14 bits per heavy atom. The van der Waals surface area contributed by atoms with Crippen molar-refractivity contribution in [2.45, 2.75) is 44.4 Å². The molecule has 10 nitrogen and oxygen atoms in total. The molecule has 0 bridgehead atoms. The van der Waals surface area contributed by atoms with Crippen LogP contribution in [0.2, 0.25) is 0 Å².